The third-order valence-electron chi connectivity index (χ3n) is 10.0. The lowest BCUT2D eigenvalue weighted by Crippen LogP contribution is -2.09. The van der Waals surface area contributed by atoms with Crippen molar-refractivity contribution in [2.24, 2.45) is 0 Å². The molecule has 16 nitrogen and oxygen atoms in total. The van der Waals surface area contributed by atoms with E-state index in [-0.39, 0.29) is 40.8 Å². The lowest BCUT2D eigenvalue weighted by Gasteiger charge is -2.14. The van der Waals surface area contributed by atoms with Gasteiger partial charge in [-0.05, 0) is 74.5 Å². The van der Waals surface area contributed by atoms with Crippen LogP contribution in [0.5, 0.6) is 23.0 Å². The van der Waals surface area contributed by atoms with Gasteiger partial charge < -0.3 is 34.7 Å². The van der Waals surface area contributed by atoms with Crippen molar-refractivity contribution in [3.05, 3.63) is 130 Å². The number of rotatable bonds is 14. The van der Waals surface area contributed by atoms with E-state index in [0.29, 0.717) is 76.2 Å². The summed E-state index contributed by atoms with van der Waals surface area (Å²) in [5, 5.41) is 24.5. The minimum Gasteiger partial charge on any atom is -0.497 e. The molecule has 4 aromatic carbocycles. The van der Waals surface area contributed by atoms with E-state index in [1.54, 1.807) is 60.5 Å². The molecule has 0 unspecified atom stereocenters. The number of ether oxygens (including phenoxy) is 4. The molecule has 0 atom stereocenters. The second-order valence-electron chi connectivity index (χ2n) is 14.1. The molecule has 0 aliphatic carbocycles. The number of hydrogen-bond donors (Lipinski definition) is 3. The molecule has 0 spiro atoms. The first-order valence-electron chi connectivity index (χ1n) is 19.9. The van der Waals surface area contributed by atoms with Crippen molar-refractivity contribution in [1.29, 1.82) is 0 Å². The molecule has 3 N–H and O–H groups in total. The number of methoxy groups -OCH3 is 4. The highest BCUT2D eigenvalue weighted by atomic mass is 36.0. The summed E-state index contributed by atoms with van der Waals surface area (Å²) in [6, 6.07) is 17.2. The molecule has 4 aromatic heterocycles. The number of fused-ring (bicyclic) bond motifs is 2. The molecule has 0 saturated carbocycles. The lowest BCUT2D eigenvalue weighted by atomic mass is 10.1. The van der Waals surface area contributed by atoms with E-state index in [9.17, 15) is 22.7 Å². The molecule has 0 aliphatic rings. The molecule has 358 valence electrons. The van der Waals surface area contributed by atoms with Crippen LogP contribution < -0.4 is 29.6 Å². The third kappa shape index (κ3) is 11.8. The summed E-state index contributed by atoms with van der Waals surface area (Å²) in [6.45, 7) is 3.63. The van der Waals surface area contributed by atoms with Gasteiger partial charge in [0.1, 0.15) is 52.9 Å². The third-order valence-corrected chi connectivity index (χ3v) is 10.2. The average Bonchev–Trinajstić information content (AvgIpc) is 3.99. The molecule has 8 rings (SSSR count). The molecule has 4 heterocycles. The van der Waals surface area contributed by atoms with E-state index < -0.39 is 32.5 Å². The van der Waals surface area contributed by atoms with Crippen molar-refractivity contribution in [3.63, 3.8) is 0 Å². The van der Waals surface area contributed by atoms with Gasteiger partial charge in [0, 0.05) is 68.8 Å². The topological polar surface area (TPSA) is 184 Å². The van der Waals surface area contributed by atoms with E-state index in [2.05, 4.69) is 62.1 Å². The number of halogens is 7. The van der Waals surface area contributed by atoms with E-state index in [1.807, 2.05) is 18.2 Å². The Hall–Kier alpha value is -6.52. The number of aromatic nitrogens is 8. The number of hydrogen-bond acceptors (Lipinski definition) is 14. The van der Waals surface area contributed by atoms with Crippen LogP contribution in [-0.2, 0) is 34.8 Å². The first-order valence-corrected chi connectivity index (χ1v) is 23.2. The summed E-state index contributed by atoms with van der Waals surface area (Å²) < 4.78 is 90.2. The minimum absolute atomic E-state index is 0.00414. The summed E-state index contributed by atoms with van der Waals surface area (Å²) >= 11 is 5.93. The van der Waals surface area contributed by atoms with Crippen LogP contribution in [0.3, 0.4) is 0 Å². The van der Waals surface area contributed by atoms with Crippen LogP contribution in [0.2, 0.25) is 0 Å². The van der Waals surface area contributed by atoms with Gasteiger partial charge in [-0.3, -0.25) is 0 Å². The van der Waals surface area contributed by atoms with Crippen molar-refractivity contribution in [1.82, 2.24) is 39.2 Å². The van der Waals surface area contributed by atoms with Gasteiger partial charge in [-0.1, -0.05) is 0 Å². The van der Waals surface area contributed by atoms with Gasteiger partial charge in [0.25, 0.3) is 0 Å². The Bertz CT molecular complexity index is 2910. The first kappa shape index (κ1) is 50.9. The van der Waals surface area contributed by atoms with Crippen molar-refractivity contribution in [2.45, 2.75) is 39.4 Å². The predicted molar refractivity (Wildman–Crippen MR) is 251 cm³/mol. The fraction of sp³-hybridized carbons (Fsp3) is 0.227. The summed E-state index contributed by atoms with van der Waals surface area (Å²) in [7, 11) is 13.6. The number of nitrogens with one attached hydrogen (secondary N) is 2. The SMILES string of the molecule is COc1ccc(CNc2nc(-c3cc(F)ccc3F)c(C)n3nc(CCl)nc23)c(OC)c1.COc1ccc(CNc2nc(-c3cc(F)ccc3F)c(C)n3nc(CO)nc23)c(OC)c1.O=S(Cl)Cl. The monoisotopic (exact) mass is 1020 g/mol. The maximum absolute atomic E-state index is 14.5. The lowest BCUT2D eigenvalue weighted by molar-refractivity contribution is 0.271. The molecule has 0 bridgehead atoms. The average molecular weight is 1020 g/mol. The molecule has 0 saturated heterocycles. The maximum Gasteiger partial charge on any atom is 0.211 e. The number of benzene rings is 4. The van der Waals surface area contributed by atoms with Crippen molar-refractivity contribution >= 4 is 65.1 Å². The summed E-state index contributed by atoms with van der Waals surface area (Å²) in [4.78, 5) is 17.8. The molecule has 24 heteroatoms. The van der Waals surface area contributed by atoms with E-state index in [0.717, 1.165) is 47.5 Å². The number of aliphatic hydroxyl groups is 1. The van der Waals surface area contributed by atoms with Crippen LogP contribution in [0.25, 0.3) is 33.8 Å². The molecule has 0 aliphatic heterocycles. The maximum atomic E-state index is 14.5. The highest BCUT2D eigenvalue weighted by molar-refractivity contribution is 8.26. The number of aryl methyl sites for hydroxylation is 2. The second kappa shape index (κ2) is 23.0. The Kier molecular flexibility index (Phi) is 17.2. The zero-order valence-corrected chi connectivity index (χ0v) is 40.0. The van der Waals surface area contributed by atoms with Crippen molar-refractivity contribution in [2.75, 3.05) is 39.1 Å². The van der Waals surface area contributed by atoms with Gasteiger partial charge in [0.15, 0.2) is 34.6 Å². The number of anilines is 2. The smallest absolute Gasteiger partial charge is 0.211 e. The number of alkyl halides is 1. The van der Waals surface area contributed by atoms with Crippen LogP contribution >= 0.6 is 33.0 Å². The summed E-state index contributed by atoms with van der Waals surface area (Å²) in [5.74, 6) is 1.46. The van der Waals surface area contributed by atoms with Crippen LogP contribution in [0, 0.1) is 37.1 Å². The van der Waals surface area contributed by atoms with Gasteiger partial charge in [-0.15, -0.1) is 21.8 Å². The van der Waals surface area contributed by atoms with E-state index in [4.69, 9.17) is 34.8 Å². The Morgan fingerprint density at radius 3 is 1.41 bits per heavy atom. The van der Waals surface area contributed by atoms with Crippen LogP contribution in [0.1, 0.15) is 34.2 Å². The van der Waals surface area contributed by atoms with E-state index >= 15 is 0 Å². The highest BCUT2D eigenvalue weighted by Crippen LogP contribution is 2.32. The molecule has 8 aromatic rings. The Balaban J connectivity index is 0.000000208. The molecule has 68 heavy (non-hydrogen) atoms. The van der Waals surface area contributed by atoms with Crippen LogP contribution in [-0.4, -0.2) is 76.9 Å². The van der Waals surface area contributed by atoms with Crippen LogP contribution in [0.15, 0.2) is 72.8 Å². The first-order chi connectivity index (χ1) is 32.6. The second-order valence-corrected chi connectivity index (χ2v) is 16.9. The van der Waals surface area contributed by atoms with Crippen LogP contribution in [0.4, 0.5) is 29.2 Å². The summed E-state index contributed by atoms with van der Waals surface area (Å²) in [5.41, 5.74) is 3.83. The fourth-order valence-electron chi connectivity index (χ4n) is 6.75. The number of aliphatic hydroxyl groups excluding tert-OH is 1. The van der Waals surface area contributed by atoms with Gasteiger partial charge in [-0.25, -0.2) is 50.7 Å². The largest absolute Gasteiger partial charge is 0.497 e. The van der Waals surface area contributed by atoms with Crippen molar-refractivity contribution < 1.29 is 45.8 Å². The molecular formula is C44H41Cl3F4N10O6S. The quantitative estimate of drug-likeness (QED) is 0.0532. The van der Waals surface area contributed by atoms with Crippen molar-refractivity contribution in [3.8, 4) is 45.5 Å². The minimum atomic E-state index is -1.67. The molecule has 0 fully saturated rings. The van der Waals surface area contributed by atoms with Gasteiger partial charge in [-0.2, -0.15) is 0 Å². The highest BCUT2D eigenvalue weighted by Gasteiger charge is 2.22. The summed E-state index contributed by atoms with van der Waals surface area (Å²) in [6.07, 6.45) is 0. The number of nitrogens with zero attached hydrogens (tertiary/aromatic N) is 8. The molecule has 0 amide bonds. The van der Waals surface area contributed by atoms with Gasteiger partial charge in [0.2, 0.25) is 9.23 Å². The van der Waals surface area contributed by atoms with E-state index in [1.165, 1.54) is 9.03 Å². The Morgan fingerprint density at radius 2 is 1.03 bits per heavy atom. The standard InChI is InChI=1S/C22H20ClF2N5O2.C22H21F2N5O3.Cl2OS/c1-12-20(16-8-14(24)5-7-17(16)25)28-21(22-27-19(10-23)29-30(12)22)26-11-13-4-6-15(31-2)9-18(13)32-3;1-12-20(16-8-14(23)5-7-17(16)24)27-21(22-26-19(11-30)28-29(12)22)25-10-13-4-6-15(31-2)9-18(13)32-3;1-4(2)3/h4-9H,10-11H2,1-3H3,(H,26,28);4-9,30H,10-11H2,1-3H3,(H,25,27);. The Morgan fingerprint density at radius 1 is 0.618 bits per heavy atom. The zero-order chi connectivity index (χ0) is 49.2. The Labute approximate surface area is 402 Å². The fourth-order valence-corrected chi connectivity index (χ4v) is 6.87. The zero-order valence-electron chi connectivity index (χ0n) is 36.9. The molecule has 0 radical (unpaired) electrons. The predicted octanol–water partition coefficient (Wildman–Crippen LogP) is 9.29. The van der Waals surface area contributed by atoms with Gasteiger partial charge >= 0.3 is 0 Å². The van der Waals surface area contributed by atoms with Gasteiger partial charge in [0.05, 0.1) is 57.1 Å². The normalized spacial score (nSPS) is 10.9. The molecular weight excluding hydrogens is 979 g/mol.